The first-order valence-electron chi connectivity index (χ1n) is 8.42. The van der Waals surface area contributed by atoms with E-state index >= 15 is 0 Å². The van der Waals surface area contributed by atoms with Gasteiger partial charge in [0.15, 0.2) is 0 Å². The first kappa shape index (κ1) is 17.6. The molecule has 0 saturated carbocycles. The Hall–Kier alpha value is -3.23. The van der Waals surface area contributed by atoms with Gasteiger partial charge < -0.3 is 4.74 Å². The third-order valence-electron chi connectivity index (χ3n) is 4.28. The van der Waals surface area contributed by atoms with Crippen molar-refractivity contribution in [2.45, 2.75) is 27.4 Å². The van der Waals surface area contributed by atoms with Crippen LogP contribution >= 0.6 is 0 Å². The molecule has 0 atom stereocenters. The fourth-order valence-corrected chi connectivity index (χ4v) is 2.85. The molecule has 0 spiro atoms. The van der Waals surface area contributed by atoms with Crippen LogP contribution < -0.4 is 4.74 Å². The lowest BCUT2D eigenvalue weighted by Gasteiger charge is -2.13. The Morgan fingerprint density at radius 1 is 1.00 bits per heavy atom. The monoisotopic (exact) mass is 344 g/mol. The lowest BCUT2D eigenvalue weighted by Crippen LogP contribution is -2.00. The summed E-state index contributed by atoms with van der Waals surface area (Å²) >= 11 is 0. The summed E-state index contributed by atoms with van der Waals surface area (Å²) in [5.74, 6) is 0.797. The fraction of sp³-hybridized carbons (Fsp3) is 0.182. The van der Waals surface area contributed by atoms with E-state index in [1.54, 1.807) is 12.1 Å². The molecule has 0 N–H and O–H groups in total. The van der Waals surface area contributed by atoms with Crippen molar-refractivity contribution in [1.82, 2.24) is 4.98 Å². The van der Waals surface area contributed by atoms with Crippen LogP contribution in [-0.4, -0.2) is 11.1 Å². The van der Waals surface area contributed by atoms with Crippen molar-refractivity contribution >= 4 is 11.8 Å². The van der Waals surface area contributed by atoms with Crippen LogP contribution in [0.15, 0.2) is 59.6 Å². The number of aliphatic imine (C=N–C) groups is 1. The number of rotatable bonds is 5. The van der Waals surface area contributed by atoms with Crippen molar-refractivity contribution in [3.8, 4) is 17.0 Å². The molecule has 2 aromatic carbocycles. The molecule has 0 radical (unpaired) electrons. The highest BCUT2D eigenvalue weighted by Crippen LogP contribution is 2.28. The van der Waals surface area contributed by atoms with E-state index in [-0.39, 0.29) is 0 Å². The number of carbonyl (C=O) groups excluding carboxylic acids is 1. The first-order chi connectivity index (χ1) is 12.6. The summed E-state index contributed by atoms with van der Waals surface area (Å²) in [6.45, 7) is 6.31. The molecule has 0 aliphatic heterocycles. The maximum atomic E-state index is 10.6. The van der Waals surface area contributed by atoms with E-state index in [1.807, 2.05) is 63.2 Å². The van der Waals surface area contributed by atoms with E-state index in [9.17, 15) is 4.79 Å². The molecule has 1 heterocycles. The van der Waals surface area contributed by atoms with Crippen molar-refractivity contribution in [2.24, 2.45) is 4.99 Å². The Morgan fingerprint density at radius 3 is 2.54 bits per heavy atom. The normalized spacial score (nSPS) is 10.3. The van der Waals surface area contributed by atoms with Crippen LogP contribution in [0.2, 0.25) is 0 Å². The predicted octanol–water partition coefficient (Wildman–Crippen LogP) is 5.22. The lowest BCUT2D eigenvalue weighted by atomic mass is 10.1. The van der Waals surface area contributed by atoms with E-state index in [0.717, 1.165) is 39.4 Å². The molecule has 0 fully saturated rings. The minimum Gasteiger partial charge on any atom is -0.489 e. The molecule has 0 bridgehead atoms. The Labute approximate surface area is 153 Å². The zero-order valence-electron chi connectivity index (χ0n) is 15.1. The summed E-state index contributed by atoms with van der Waals surface area (Å²) in [5, 5.41) is 0. The van der Waals surface area contributed by atoms with Crippen LogP contribution in [0.5, 0.6) is 5.75 Å². The predicted molar refractivity (Wildman–Crippen MR) is 102 cm³/mol. The highest BCUT2D eigenvalue weighted by molar-refractivity contribution is 5.62. The molecule has 26 heavy (non-hydrogen) atoms. The average Bonchev–Trinajstić information content (AvgIpc) is 2.62. The van der Waals surface area contributed by atoms with Crippen LogP contribution in [0, 0.1) is 20.8 Å². The molecule has 3 rings (SSSR count). The summed E-state index contributed by atoms with van der Waals surface area (Å²) in [4.78, 5) is 19.0. The van der Waals surface area contributed by atoms with Crippen molar-refractivity contribution in [3.05, 3.63) is 77.0 Å². The van der Waals surface area contributed by atoms with Crippen LogP contribution in [0.25, 0.3) is 11.3 Å². The zero-order chi connectivity index (χ0) is 18.5. The molecular formula is C22H20N2O2. The second-order valence-electron chi connectivity index (χ2n) is 6.21. The van der Waals surface area contributed by atoms with Gasteiger partial charge in [0.05, 0.1) is 11.4 Å². The van der Waals surface area contributed by atoms with Gasteiger partial charge in [-0.15, -0.1) is 0 Å². The van der Waals surface area contributed by atoms with Gasteiger partial charge in [-0.25, -0.2) is 4.79 Å². The van der Waals surface area contributed by atoms with Gasteiger partial charge in [0, 0.05) is 16.8 Å². The quantitative estimate of drug-likeness (QED) is 0.471. The van der Waals surface area contributed by atoms with Crippen LogP contribution in [-0.2, 0) is 11.4 Å². The van der Waals surface area contributed by atoms with Gasteiger partial charge in [-0.05, 0) is 68.3 Å². The fourth-order valence-electron chi connectivity index (χ4n) is 2.85. The summed E-state index contributed by atoms with van der Waals surface area (Å²) in [7, 11) is 0. The highest BCUT2D eigenvalue weighted by Gasteiger charge is 2.09. The maximum Gasteiger partial charge on any atom is 0.240 e. The molecule has 130 valence electrons. The third-order valence-corrected chi connectivity index (χ3v) is 4.28. The van der Waals surface area contributed by atoms with Crippen LogP contribution in [0.4, 0.5) is 5.69 Å². The minimum absolute atomic E-state index is 0.343. The summed E-state index contributed by atoms with van der Waals surface area (Å²) in [6.07, 6.45) is 1.60. The van der Waals surface area contributed by atoms with Gasteiger partial charge in [-0.1, -0.05) is 18.2 Å². The smallest absolute Gasteiger partial charge is 0.240 e. The molecule has 1 aromatic heterocycles. The molecule has 0 aliphatic carbocycles. The van der Waals surface area contributed by atoms with Gasteiger partial charge in [0.1, 0.15) is 12.4 Å². The largest absolute Gasteiger partial charge is 0.489 e. The molecular weight excluding hydrogens is 324 g/mol. The van der Waals surface area contributed by atoms with Gasteiger partial charge in [-0.3, -0.25) is 4.98 Å². The number of pyridine rings is 1. The number of hydrogen-bond acceptors (Lipinski definition) is 4. The maximum absolute atomic E-state index is 10.6. The number of benzene rings is 2. The molecule has 0 saturated heterocycles. The summed E-state index contributed by atoms with van der Waals surface area (Å²) in [5.41, 5.74) is 6.53. The number of aromatic nitrogens is 1. The summed E-state index contributed by atoms with van der Waals surface area (Å²) in [6, 6.07) is 17.6. The van der Waals surface area contributed by atoms with Gasteiger partial charge in [0.2, 0.25) is 6.08 Å². The van der Waals surface area contributed by atoms with E-state index in [2.05, 4.69) is 16.0 Å². The topological polar surface area (TPSA) is 51.5 Å². The molecule has 0 aliphatic rings. The van der Waals surface area contributed by atoms with Crippen molar-refractivity contribution in [2.75, 3.05) is 0 Å². The average molecular weight is 344 g/mol. The number of nitrogens with zero attached hydrogens (tertiary/aromatic N) is 2. The van der Waals surface area contributed by atoms with Crippen molar-refractivity contribution in [1.29, 1.82) is 0 Å². The van der Waals surface area contributed by atoms with Gasteiger partial charge >= 0.3 is 0 Å². The van der Waals surface area contributed by atoms with Crippen LogP contribution in [0.1, 0.15) is 22.4 Å². The third kappa shape index (κ3) is 3.88. The summed E-state index contributed by atoms with van der Waals surface area (Å²) < 4.78 is 6.00. The van der Waals surface area contributed by atoms with Crippen LogP contribution in [0.3, 0.4) is 0 Å². The Bertz CT molecular complexity index is 989. The highest BCUT2D eigenvalue weighted by atomic mass is 16.5. The first-order valence-corrected chi connectivity index (χ1v) is 8.42. The van der Waals surface area contributed by atoms with E-state index in [4.69, 9.17) is 4.74 Å². The standard InChI is InChI=1S/C22H20N2O2/c1-15-6-4-9-21(23-14-25)19(15)13-26-22-11-10-18(12-16(22)2)20-8-5-7-17(3)24-20/h4-12H,13H2,1-3H3. The van der Waals surface area contributed by atoms with Gasteiger partial charge in [0.25, 0.3) is 0 Å². The number of ether oxygens (including phenoxy) is 1. The molecule has 0 amide bonds. The Kier molecular flexibility index (Phi) is 5.26. The van der Waals surface area contributed by atoms with Gasteiger partial charge in [-0.2, -0.15) is 4.99 Å². The lowest BCUT2D eigenvalue weighted by molar-refractivity contribution is 0.304. The van der Waals surface area contributed by atoms with Crippen molar-refractivity contribution in [3.63, 3.8) is 0 Å². The molecule has 4 heteroatoms. The second kappa shape index (κ2) is 7.77. The number of hydrogen-bond donors (Lipinski definition) is 0. The molecule has 0 unspecified atom stereocenters. The Morgan fingerprint density at radius 2 is 1.81 bits per heavy atom. The van der Waals surface area contributed by atoms with Crippen molar-refractivity contribution < 1.29 is 9.53 Å². The Balaban J connectivity index is 1.83. The minimum atomic E-state index is 0.343. The number of isocyanates is 1. The molecule has 3 aromatic rings. The van der Waals surface area contributed by atoms with E-state index < -0.39 is 0 Å². The second-order valence-corrected chi connectivity index (χ2v) is 6.21. The SMILES string of the molecule is Cc1cccc(-c2ccc(OCc3c(C)cccc3N=C=O)c(C)c2)n1. The van der Waals surface area contributed by atoms with E-state index in [1.165, 1.54) is 0 Å². The number of aryl methyl sites for hydroxylation is 3. The molecule has 4 nitrogen and oxygen atoms in total. The van der Waals surface area contributed by atoms with E-state index in [0.29, 0.717) is 12.3 Å². The zero-order valence-corrected chi connectivity index (χ0v) is 15.1.